The number of aromatic nitrogens is 2. The van der Waals surface area contributed by atoms with Crippen LogP contribution in [0.3, 0.4) is 0 Å². The van der Waals surface area contributed by atoms with Crippen LogP contribution in [0.5, 0.6) is 5.75 Å². The molecular formula is C19H28N4O2. The number of amides is 2. The van der Waals surface area contributed by atoms with E-state index in [2.05, 4.69) is 15.7 Å². The summed E-state index contributed by atoms with van der Waals surface area (Å²) in [7, 11) is 1.91. The standard InChI is InChI=1S/C19H28N4O2/c1-12-8-7-9-17(10-12)25-11-13(2)20-19(24)21-14(3)18-15(4)22-23(6)16(18)5/h7-10,13-14H,11H2,1-6H3,(H2,20,21,24)/t13-,14-/m0/s1. The Kier molecular flexibility index (Phi) is 6.07. The van der Waals surface area contributed by atoms with E-state index in [9.17, 15) is 4.79 Å². The normalized spacial score (nSPS) is 13.2. The number of benzene rings is 1. The molecular weight excluding hydrogens is 316 g/mol. The molecule has 0 bridgehead atoms. The predicted octanol–water partition coefficient (Wildman–Crippen LogP) is 3.17. The van der Waals surface area contributed by atoms with Gasteiger partial charge in [0, 0.05) is 18.3 Å². The molecule has 6 nitrogen and oxygen atoms in total. The quantitative estimate of drug-likeness (QED) is 0.846. The second kappa shape index (κ2) is 8.05. The zero-order chi connectivity index (χ0) is 18.6. The van der Waals surface area contributed by atoms with E-state index < -0.39 is 0 Å². The summed E-state index contributed by atoms with van der Waals surface area (Å²) in [6, 6.07) is 7.43. The van der Waals surface area contributed by atoms with E-state index in [1.165, 1.54) is 0 Å². The van der Waals surface area contributed by atoms with Gasteiger partial charge in [-0.15, -0.1) is 0 Å². The van der Waals surface area contributed by atoms with Gasteiger partial charge < -0.3 is 15.4 Å². The Hall–Kier alpha value is -2.50. The molecule has 136 valence electrons. The molecule has 2 rings (SSSR count). The van der Waals surface area contributed by atoms with Gasteiger partial charge >= 0.3 is 6.03 Å². The topological polar surface area (TPSA) is 68.2 Å². The molecule has 0 saturated carbocycles. The molecule has 25 heavy (non-hydrogen) atoms. The van der Waals surface area contributed by atoms with Gasteiger partial charge in [-0.2, -0.15) is 5.10 Å². The third kappa shape index (κ3) is 4.98. The van der Waals surface area contributed by atoms with E-state index in [4.69, 9.17) is 4.74 Å². The lowest BCUT2D eigenvalue weighted by atomic mass is 10.1. The van der Waals surface area contributed by atoms with Gasteiger partial charge in [0.1, 0.15) is 12.4 Å². The molecule has 0 radical (unpaired) electrons. The van der Waals surface area contributed by atoms with Crippen LogP contribution in [0.2, 0.25) is 0 Å². The number of urea groups is 1. The largest absolute Gasteiger partial charge is 0.491 e. The minimum absolute atomic E-state index is 0.108. The Morgan fingerprint density at radius 2 is 1.96 bits per heavy atom. The Morgan fingerprint density at radius 1 is 1.24 bits per heavy atom. The van der Waals surface area contributed by atoms with Crippen LogP contribution in [-0.2, 0) is 7.05 Å². The fraction of sp³-hybridized carbons (Fsp3) is 0.474. The van der Waals surface area contributed by atoms with Crippen molar-refractivity contribution in [1.82, 2.24) is 20.4 Å². The number of nitrogens with zero attached hydrogens (tertiary/aromatic N) is 2. The Morgan fingerprint density at radius 3 is 2.56 bits per heavy atom. The van der Waals surface area contributed by atoms with Gasteiger partial charge in [0.05, 0.1) is 17.8 Å². The number of carbonyl (C=O) groups is 1. The Labute approximate surface area is 149 Å². The average Bonchev–Trinajstić information content (AvgIpc) is 2.78. The summed E-state index contributed by atoms with van der Waals surface area (Å²) < 4.78 is 7.56. The molecule has 0 aliphatic carbocycles. The first-order valence-electron chi connectivity index (χ1n) is 8.54. The fourth-order valence-electron chi connectivity index (χ4n) is 2.92. The first kappa shape index (κ1) is 18.8. The minimum atomic E-state index is -0.213. The fourth-order valence-corrected chi connectivity index (χ4v) is 2.92. The number of ether oxygens (including phenoxy) is 1. The molecule has 6 heteroatoms. The summed E-state index contributed by atoms with van der Waals surface area (Å²) in [6.07, 6.45) is 0. The van der Waals surface area contributed by atoms with Crippen molar-refractivity contribution < 1.29 is 9.53 Å². The lowest BCUT2D eigenvalue weighted by molar-refractivity contribution is 0.223. The van der Waals surface area contributed by atoms with Crippen molar-refractivity contribution in [3.05, 3.63) is 46.8 Å². The molecule has 0 spiro atoms. The highest BCUT2D eigenvalue weighted by molar-refractivity contribution is 5.74. The third-order valence-electron chi connectivity index (χ3n) is 4.21. The van der Waals surface area contributed by atoms with E-state index in [0.717, 1.165) is 28.3 Å². The van der Waals surface area contributed by atoms with Crippen molar-refractivity contribution in [2.75, 3.05) is 6.61 Å². The van der Waals surface area contributed by atoms with Crippen LogP contribution in [0.25, 0.3) is 0 Å². The SMILES string of the molecule is Cc1cccc(OC[C@H](C)NC(=O)N[C@@H](C)c2c(C)nn(C)c2C)c1. The van der Waals surface area contributed by atoms with Gasteiger partial charge in [-0.25, -0.2) is 4.79 Å². The predicted molar refractivity (Wildman–Crippen MR) is 98.9 cm³/mol. The van der Waals surface area contributed by atoms with E-state index in [-0.39, 0.29) is 18.1 Å². The maximum absolute atomic E-state index is 12.2. The molecule has 1 aromatic carbocycles. The average molecular weight is 344 g/mol. The van der Waals surface area contributed by atoms with E-state index >= 15 is 0 Å². The van der Waals surface area contributed by atoms with Gasteiger partial charge in [0.15, 0.2) is 0 Å². The second-order valence-electron chi connectivity index (χ2n) is 6.58. The summed E-state index contributed by atoms with van der Waals surface area (Å²) >= 11 is 0. The molecule has 1 aromatic heterocycles. The first-order valence-corrected chi connectivity index (χ1v) is 8.54. The van der Waals surface area contributed by atoms with Crippen LogP contribution in [0.4, 0.5) is 4.79 Å². The molecule has 0 aliphatic heterocycles. The van der Waals surface area contributed by atoms with Crippen molar-refractivity contribution in [2.24, 2.45) is 7.05 Å². The summed E-state index contributed by atoms with van der Waals surface area (Å²) in [5.74, 6) is 0.809. The number of rotatable bonds is 6. The molecule has 2 atom stereocenters. The zero-order valence-corrected chi connectivity index (χ0v) is 15.9. The summed E-state index contributed by atoms with van der Waals surface area (Å²) in [5, 5.41) is 10.3. The second-order valence-corrected chi connectivity index (χ2v) is 6.58. The summed E-state index contributed by atoms with van der Waals surface area (Å²) in [5.41, 5.74) is 4.19. The summed E-state index contributed by atoms with van der Waals surface area (Å²) in [4.78, 5) is 12.2. The molecule has 2 aromatic rings. The van der Waals surface area contributed by atoms with Gasteiger partial charge in [-0.05, 0) is 52.3 Å². The highest BCUT2D eigenvalue weighted by Crippen LogP contribution is 2.20. The van der Waals surface area contributed by atoms with Crippen LogP contribution < -0.4 is 15.4 Å². The number of aryl methyl sites for hydroxylation is 3. The van der Waals surface area contributed by atoms with Gasteiger partial charge in [-0.1, -0.05) is 12.1 Å². The molecule has 2 N–H and O–H groups in total. The number of hydrogen-bond donors (Lipinski definition) is 2. The molecule has 2 amide bonds. The lowest BCUT2D eigenvalue weighted by Gasteiger charge is -2.19. The number of hydrogen-bond acceptors (Lipinski definition) is 3. The van der Waals surface area contributed by atoms with Crippen LogP contribution >= 0.6 is 0 Å². The molecule has 1 heterocycles. The summed E-state index contributed by atoms with van der Waals surface area (Å²) in [6.45, 7) is 10.3. The van der Waals surface area contributed by atoms with Crippen molar-refractivity contribution in [2.45, 2.75) is 46.7 Å². The maximum atomic E-state index is 12.2. The zero-order valence-electron chi connectivity index (χ0n) is 15.9. The van der Waals surface area contributed by atoms with Crippen molar-refractivity contribution >= 4 is 6.03 Å². The molecule has 0 aliphatic rings. The maximum Gasteiger partial charge on any atom is 0.315 e. The van der Waals surface area contributed by atoms with Gasteiger partial charge in [0.2, 0.25) is 0 Å². The van der Waals surface area contributed by atoms with Crippen molar-refractivity contribution in [3.8, 4) is 5.75 Å². The van der Waals surface area contributed by atoms with Gasteiger partial charge in [-0.3, -0.25) is 4.68 Å². The van der Waals surface area contributed by atoms with Crippen LogP contribution in [0, 0.1) is 20.8 Å². The highest BCUT2D eigenvalue weighted by atomic mass is 16.5. The van der Waals surface area contributed by atoms with E-state index in [0.29, 0.717) is 6.61 Å². The van der Waals surface area contributed by atoms with Crippen molar-refractivity contribution in [3.63, 3.8) is 0 Å². The van der Waals surface area contributed by atoms with Crippen molar-refractivity contribution in [1.29, 1.82) is 0 Å². The number of nitrogens with one attached hydrogen (secondary N) is 2. The highest BCUT2D eigenvalue weighted by Gasteiger charge is 2.18. The third-order valence-corrected chi connectivity index (χ3v) is 4.21. The van der Waals surface area contributed by atoms with E-state index in [1.807, 2.05) is 70.6 Å². The lowest BCUT2D eigenvalue weighted by Crippen LogP contribution is -2.44. The minimum Gasteiger partial charge on any atom is -0.491 e. The smallest absolute Gasteiger partial charge is 0.315 e. The van der Waals surface area contributed by atoms with Crippen LogP contribution in [0.15, 0.2) is 24.3 Å². The van der Waals surface area contributed by atoms with Gasteiger partial charge in [0.25, 0.3) is 0 Å². The first-order chi connectivity index (χ1) is 11.8. The van der Waals surface area contributed by atoms with E-state index in [1.54, 1.807) is 0 Å². The number of carbonyl (C=O) groups excluding carboxylic acids is 1. The monoisotopic (exact) mass is 344 g/mol. The Bertz CT molecular complexity index is 739. The molecule has 0 saturated heterocycles. The van der Waals surface area contributed by atoms with Crippen LogP contribution in [-0.4, -0.2) is 28.5 Å². The van der Waals surface area contributed by atoms with Crippen LogP contribution in [0.1, 0.15) is 42.4 Å². The molecule has 0 unspecified atom stereocenters. The molecule has 0 fully saturated rings. The Balaban J connectivity index is 1.84.